The third kappa shape index (κ3) is 38.3. The molecule has 298 valence electrons. The van der Waals surface area contributed by atoms with Crippen LogP contribution in [-0.4, -0.2) is 37.2 Å². The van der Waals surface area contributed by atoms with E-state index in [0.29, 0.717) is 19.3 Å². The molecule has 6 heteroatoms. The summed E-state index contributed by atoms with van der Waals surface area (Å²) in [4.78, 5) is 37.5. The summed E-state index contributed by atoms with van der Waals surface area (Å²) >= 11 is 0. The fraction of sp³-hybridized carbons (Fsp3) is 0.717. The van der Waals surface area contributed by atoms with Crippen molar-refractivity contribution in [3.8, 4) is 0 Å². The average Bonchev–Trinajstić information content (AvgIpc) is 3.14. The monoisotopic (exact) mass is 727 g/mol. The Morgan fingerprint density at radius 1 is 0.404 bits per heavy atom. The second-order valence-electron chi connectivity index (χ2n) is 13.9. The number of allylic oxidation sites excluding steroid dienone is 10. The first kappa shape index (κ1) is 49.1. The second-order valence-corrected chi connectivity index (χ2v) is 13.9. The molecule has 0 aliphatic carbocycles. The molecule has 0 saturated heterocycles. The molecule has 0 radical (unpaired) electrons. The molecule has 0 bridgehead atoms. The van der Waals surface area contributed by atoms with Gasteiger partial charge < -0.3 is 14.2 Å². The molecule has 0 aromatic rings. The molecule has 52 heavy (non-hydrogen) atoms. The lowest BCUT2D eigenvalue weighted by Gasteiger charge is -2.18. The highest BCUT2D eigenvalue weighted by Crippen LogP contribution is 2.12. The normalized spacial score (nSPS) is 12.6. The zero-order valence-electron chi connectivity index (χ0n) is 33.8. The van der Waals surface area contributed by atoms with E-state index in [1.165, 1.54) is 77.0 Å². The number of hydrogen-bond acceptors (Lipinski definition) is 6. The molecule has 1 unspecified atom stereocenters. The number of carbonyl (C=O) groups excluding carboxylic acids is 3. The number of hydrogen-bond donors (Lipinski definition) is 0. The lowest BCUT2D eigenvalue weighted by atomic mass is 10.1. The first-order valence-electron chi connectivity index (χ1n) is 21.3. The Balaban J connectivity index is 4.51. The smallest absolute Gasteiger partial charge is 0.306 e. The maximum absolute atomic E-state index is 12.6. The van der Waals surface area contributed by atoms with Crippen LogP contribution in [0.25, 0.3) is 0 Å². The van der Waals surface area contributed by atoms with Gasteiger partial charge in [-0.25, -0.2) is 0 Å². The van der Waals surface area contributed by atoms with Crippen molar-refractivity contribution in [2.45, 2.75) is 200 Å². The van der Waals surface area contributed by atoms with Gasteiger partial charge in [-0.15, -0.1) is 0 Å². The van der Waals surface area contributed by atoms with E-state index in [1.54, 1.807) is 0 Å². The molecule has 1 atom stereocenters. The minimum atomic E-state index is -0.810. The van der Waals surface area contributed by atoms with Gasteiger partial charge >= 0.3 is 17.9 Å². The van der Waals surface area contributed by atoms with Gasteiger partial charge in [-0.05, 0) is 70.6 Å². The van der Waals surface area contributed by atoms with Crippen LogP contribution in [0.1, 0.15) is 194 Å². The molecule has 0 aromatic carbocycles. The summed E-state index contributed by atoms with van der Waals surface area (Å²) in [6, 6.07) is 0. The van der Waals surface area contributed by atoms with Crippen LogP contribution in [0.3, 0.4) is 0 Å². The van der Waals surface area contributed by atoms with Crippen LogP contribution in [-0.2, 0) is 28.6 Å². The SMILES string of the molecule is CC/C=C\C/C=C\C/C=C\CCCCC(=O)OC(COC(=O)CC/C=C\C/C=C\CCCCCCCC)COC(=O)CCCCCCCCCCC. The fourth-order valence-electron chi connectivity index (χ4n) is 5.57. The number of unbranched alkanes of at least 4 members (excludes halogenated alkanes) is 16. The van der Waals surface area contributed by atoms with E-state index >= 15 is 0 Å². The highest BCUT2D eigenvalue weighted by atomic mass is 16.6. The van der Waals surface area contributed by atoms with Crippen molar-refractivity contribution in [2.24, 2.45) is 0 Å². The molecular weight excluding hydrogens is 648 g/mol. The maximum atomic E-state index is 12.6. The van der Waals surface area contributed by atoms with Crippen LogP contribution >= 0.6 is 0 Å². The van der Waals surface area contributed by atoms with E-state index in [9.17, 15) is 14.4 Å². The second kappa shape index (κ2) is 40.9. The highest BCUT2D eigenvalue weighted by Gasteiger charge is 2.19. The lowest BCUT2D eigenvalue weighted by molar-refractivity contribution is -0.166. The van der Waals surface area contributed by atoms with Crippen LogP contribution in [0.15, 0.2) is 60.8 Å². The summed E-state index contributed by atoms with van der Waals surface area (Å²) in [6.45, 7) is 6.38. The van der Waals surface area contributed by atoms with Crippen molar-refractivity contribution in [3.63, 3.8) is 0 Å². The number of ether oxygens (including phenoxy) is 3. The van der Waals surface area contributed by atoms with E-state index in [1.807, 2.05) is 6.08 Å². The van der Waals surface area contributed by atoms with Crippen LogP contribution < -0.4 is 0 Å². The maximum Gasteiger partial charge on any atom is 0.306 e. The van der Waals surface area contributed by atoms with Gasteiger partial charge in [0, 0.05) is 19.3 Å². The highest BCUT2D eigenvalue weighted by molar-refractivity contribution is 5.71. The third-order valence-electron chi connectivity index (χ3n) is 8.77. The summed E-state index contributed by atoms with van der Waals surface area (Å²) in [7, 11) is 0. The van der Waals surface area contributed by atoms with Crippen LogP contribution in [0.2, 0.25) is 0 Å². The molecule has 0 amide bonds. The van der Waals surface area contributed by atoms with Crippen molar-refractivity contribution >= 4 is 17.9 Å². The van der Waals surface area contributed by atoms with Crippen LogP contribution in [0, 0.1) is 0 Å². The molecule has 0 rings (SSSR count). The van der Waals surface area contributed by atoms with Gasteiger partial charge in [0.2, 0.25) is 0 Å². The molecule has 0 N–H and O–H groups in total. The summed E-state index contributed by atoms with van der Waals surface area (Å²) in [5.41, 5.74) is 0. The van der Waals surface area contributed by atoms with Crippen LogP contribution in [0.4, 0.5) is 0 Å². The van der Waals surface area contributed by atoms with Crippen molar-refractivity contribution in [2.75, 3.05) is 13.2 Å². The Kier molecular flexibility index (Phi) is 38.6. The Morgan fingerprint density at radius 2 is 0.788 bits per heavy atom. The summed E-state index contributed by atoms with van der Waals surface area (Å²) in [5, 5.41) is 0. The lowest BCUT2D eigenvalue weighted by Crippen LogP contribution is -2.30. The van der Waals surface area contributed by atoms with Gasteiger partial charge in [0.05, 0.1) is 0 Å². The Morgan fingerprint density at radius 3 is 1.33 bits per heavy atom. The molecule has 0 fully saturated rings. The van der Waals surface area contributed by atoms with Crippen molar-refractivity contribution in [1.29, 1.82) is 0 Å². The number of carbonyl (C=O) groups is 3. The number of rotatable bonds is 37. The van der Waals surface area contributed by atoms with Gasteiger partial charge in [0.1, 0.15) is 13.2 Å². The van der Waals surface area contributed by atoms with Crippen molar-refractivity contribution < 1.29 is 28.6 Å². The van der Waals surface area contributed by atoms with Crippen molar-refractivity contribution in [3.05, 3.63) is 60.8 Å². The summed E-state index contributed by atoms with van der Waals surface area (Å²) in [6.07, 6.45) is 47.9. The molecular formula is C46H78O6. The Labute approximate surface area is 320 Å². The van der Waals surface area contributed by atoms with E-state index in [2.05, 4.69) is 75.5 Å². The first-order valence-corrected chi connectivity index (χ1v) is 21.3. The average molecular weight is 727 g/mol. The zero-order chi connectivity index (χ0) is 38.0. The zero-order valence-corrected chi connectivity index (χ0v) is 33.8. The van der Waals surface area contributed by atoms with E-state index in [-0.39, 0.29) is 44.0 Å². The molecule has 0 aliphatic rings. The minimum absolute atomic E-state index is 0.106. The predicted molar refractivity (Wildman–Crippen MR) is 219 cm³/mol. The van der Waals surface area contributed by atoms with E-state index < -0.39 is 6.10 Å². The van der Waals surface area contributed by atoms with Gasteiger partial charge in [-0.3, -0.25) is 14.4 Å². The molecule has 0 spiro atoms. The standard InChI is InChI=1S/C46H78O6/c1-4-7-10-13-16-19-21-23-25-27-30-33-36-39-45(48)51-42-43(41-50-44(47)38-35-32-29-26-18-15-12-9-6-3)52-46(49)40-37-34-31-28-24-22-20-17-14-11-8-5-2/h8,11,17,20,23-25,28,30,33,43H,4-7,9-10,12-16,18-19,21-22,26-27,29,31-32,34-42H2,1-3H3/b11-8-,20-17-,25-23-,28-24-,33-30-. The quantitative estimate of drug-likeness (QED) is 0.0274. The molecule has 6 nitrogen and oxygen atoms in total. The van der Waals surface area contributed by atoms with E-state index in [4.69, 9.17) is 14.2 Å². The van der Waals surface area contributed by atoms with E-state index in [0.717, 1.165) is 64.2 Å². The van der Waals surface area contributed by atoms with Crippen LogP contribution in [0.5, 0.6) is 0 Å². The van der Waals surface area contributed by atoms with Gasteiger partial charge in [0.15, 0.2) is 6.10 Å². The summed E-state index contributed by atoms with van der Waals surface area (Å²) in [5.74, 6) is -1.03. The largest absolute Gasteiger partial charge is 0.462 e. The van der Waals surface area contributed by atoms with Gasteiger partial charge in [0.25, 0.3) is 0 Å². The molecule has 0 saturated carbocycles. The molecule has 0 aromatic heterocycles. The van der Waals surface area contributed by atoms with Gasteiger partial charge in [-0.1, -0.05) is 165 Å². The topological polar surface area (TPSA) is 78.9 Å². The predicted octanol–water partition coefficient (Wildman–Crippen LogP) is 13.4. The van der Waals surface area contributed by atoms with Gasteiger partial charge in [-0.2, -0.15) is 0 Å². The minimum Gasteiger partial charge on any atom is -0.462 e. The first-order chi connectivity index (χ1) is 25.5. The Hall–Kier alpha value is -2.89. The number of esters is 3. The molecule has 0 heterocycles. The Bertz CT molecular complexity index is 975. The third-order valence-corrected chi connectivity index (χ3v) is 8.77. The fourth-order valence-corrected chi connectivity index (χ4v) is 5.57. The summed E-state index contributed by atoms with van der Waals surface area (Å²) < 4.78 is 16.5. The van der Waals surface area contributed by atoms with Crippen molar-refractivity contribution in [1.82, 2.24) is 0 Å². The molecule has 0 aliphatic heterocycles.